The van der Waals surface area contributed by atoms with Crippen LogP contribution in [0.5, 0.6) is 11.8 Å². The Morgan fingerprint density at radius 3 is 2.56 bits per heavy atom. The van der Waals surface area contributed by atoms with Crippen LogP contribution in [-0.4, -0.2) is 15.3 Å². The van der Waals surface area contributed by atoms with Crippen molar-refractivity contribution < 1.29 is 9.53 Å². The lowest BCUT2D eigenvalue weighted by molar-refractivity contribution is 0.0989. The van der Waals surface area contributed by atoms with E-state index in [1.165, 1.54) is 0 Å². The highest BCUT2D eigenvalue weighted by molar-refractivity contribution is 6.36. The normalized spacial score (nSPS) is 11.1. The Hall–Kier alpha value is -1.75. The van der Waals surface area contributed by atoms with Gasteiger partial charge in [0.05, 0.1) is 15.6 Å². The van der Waals surface area contributed by atoms with Crippen LogP contribution in [0.25, 0.3) is 11.0 Å². The lowest BCUT2D eigenvalue weighted by Crippen LogP contribution is -2.02. The van der Waals surface area contributed by atoms with Crippen molar-refractivity contribution in [3.63, 3.8) is 0 Å². The average Bonchev–Trinajstić information content (AvgIpc) is 2.88. The minimum Gasteiger partial charge on any atom is -0.424 e. The van der Waals surface area contributed by atoms with Crippen molar-refractivity contribution in [2.24, 2.45) is 7.05 Å². The zero-order valence-corrected chi connectivity index (χ0v) is 16.1. The summed E-state index contributed by atoms with van der Waals surface area (Å²) in [6.45, 7) is 3.65. The second-order valence-electron chi connectivity index (χ2n) is 5.66. The number of imidazole rings is 1. The molecular weight excluding hydrogens is 383 g/mol. The Morgan fingerprint density at radius 1 is 1.20 bits per heavy atom. The molecule has 0 spiro atoms. The number of ether oxygens (including phenoxy) is 1. The standard InChI is InChI=1S/C18H15Cl3N2O2/c1-4-14(24)11-5-6-12(20)15-16(11)23(3)18(22-15)25-17-9(2)7-10(19)8-13(17)21/h5-8H,4H2,1-3H3. The van der Waals surface area contributed by atoms with Gasteiger partial charge in [0, 0.05) is 24.1 Å². The zero-order chi connectivity index (χ0) is 18.3. The first kappa shape index (κ1) is 18.1. The van der Waals surface area contributed by atoms with Gasteiger partial charge in [-0.25, -0.2) is 0 Å². The third-order valence-electron chi connectivity index (χ3n) is 3.94. The van der Waals surface area contributed by atoms with Gasteiger partial charge in [0.25, 0.3) is 0 Å². The molecule has 0 saturated carbocycles. The largest absolute Gasteiger partial charge is 0.424 e. The Bertz CT molecular complexity index is 973. The number of ketones is 1. The number of hydrogen-bond acceptors (Lipinski definition) is 3. The van der Waals surface area contributed by atoms with E-state index in [-0.39, 0.29) is 5.78 Å². The molecule has 4 nitrogen and oxygen atoms in total. The number of halogens is 3. The van der Waals surface area contributed by atoms with Gasteiger partial charge in [0.2, 0.25) is 0 Å². The number of fused-ring (bicyclic) bond motifs is 1. The minimum absolute atomic E-state index is 0.0110. The molecule has 0 saturated heterocycles. The topological polar surface area (TPSA) is 44.1 Å². The highest BCUT2D eigenvalue weighted by Gasteiger charge is 2.20. The van der Waals surface area contributed by atoms with Crippen LogP contribution in [0.4, 0.5) is 0 Å². The van der Waals surface area contributed by atoms with Gasteiger partial charge < -0.3 is 4.74 Å². The number of nitrogens with zero attached hydrogens (tertiary/aromatic N) is 2. The maximum absolute atomic E-state index is 12.2. The van der Waals surface area contributed by atoms with E-state index in [0.717, 1.165) is 5.56 Å². The number of aryl methyl sites for hydroxylation is 2. The molecule has 0 aliphatic heterocycles. The number of aromatic nitrogens is 2. The number of carbonyl (C=O) groups is 1. The van der Waals surface area contributed by atoms with E-state index >= 15 is 0 Å². The van der Waals surface area contributed by atoms with Crippen LogP contribution in [0.2, 0.25) is 15.1 Å². The number of carbonyl (C=O) groups excluding carboxylic acids is 1. The Kier molecular flexibility index (Phi) is 4.96. The molecule has 130 valence electrons. The van der Waals surface area contributed by atoms with E-state index < -0.39 is 0 Å². The molecule has 0 atom stereocenters. The van der Waals surface area contributed by atoms with Gasteiger partial charge in [-0.1, -0.05) is 41.7 Å². The maximum atomic E-state index is 12.2. The van der Waals surface area contributed by atoms with Crippen LogP contribution >= 0.6 is 34.8 Å². The van der Waals surface area contributed by atoms with Crippen LogP contribution in [0, 0.1) is 6.92 Å². The molecule has 0 radical (unpaired) electrons. The summed E-state index contributed by atoms with van der Waals surface area (Å²) in [4.78, 5) is 16.7. The summed E-state index contributed by atoms with van der Waals surface area (Å²) < 4.78 is 7.63. The lowest BCUT2D eigenvalue weighted by atomic mass is 10.1. The predicted molar refractivity (Wildman–Crippen MR) is 102 cm³/mol. The molecule has 3 aromatic rings. The van der Waals surface area contributed by atoms with Crippen molar-refractivity contribution in [3.8, 4) is 11.8 Å². The zero-order valence-electron chi connectivity index (χ0n) is 13.9. The summed E-state index contributed by atoms with van der Waals surface area (Å²) in [6.07, 6.45) is 0.389. The van der Waals surface area contributed by atoms with Crippen LogP contribution in [0.3, 0.4) is 0 Å². The first-order valence-corrected chi connectivity index (χ1v) is 8.78. The predicted octanol–water partition coefficient (Wildman–Crippen LogP) is 6.23. The van der Waals surface area contributed by atoms with E-state index in [9.17, 15) is 4.79 Å². The molecule has 0 aliphatic carbocycles. The third-order valence-corrected chi connectivity index (χ3v) is 4.74. The summed E-state index contributed by atoms with van der Waals surface area (Å²) in [5, 5.41) is 1.36. The smallest absolute Gasteiger partial charge is 0.302 e. The monoisotopic (exact) mass is 396 g/mol. The average molecular weight is 398 g/mol. The molecule has 0 aliphatic rings. The summed E-state index contributed by atoms with van der Waals surface area (Å²) in [5.74, 6) is 0.473. The van der Waals surface area contributed by atoms with Crippen molar-refractivity contribution in [2.75, 3.05) is 0 Å². The highest BCUT2D eigenvalue weighted by atomic mass is 35.5. The Balaban J connectivity index is 2.18. The third kappa shape index (κ3) is 3.22. The second-order valence-corrected chi connectivity index (χ2v) is 6.91. The van der Waals surface area contributed by atoms with Gasteiger partial charge in [0.15, 0.2) is 11.5 Å². The molecule has 7 heteroatoms. The van der Waals surface area contributed by atoms with Crippen molar-refractivity contribution in [1.29, 1.82) is 0 Å². The summed E-state index contributed by atoms with van der Waals surface area (Å²) in [5.41, 5.74) is 2.49. The fourth-order valence-electron chi connectivity index (χ4n) is 2.68. The molecule has 1 heterocycles. The molecule has 1 aromatic heterocycles. The molecule has 0 fully saturated rings. The van der Waals surface area contributed by atoms with Crippen LogP contribution in [0.15, 0.2) is 24.3 Å². The van der Waals surface area contributed by atoms with Crippen molar-refractivity contribution in [2.45, 2.75) is 20.3 Å². The van der Waals surface area contributed by atoms with E-state index in [2.05, 4.69) is 4.98 Å². The Morgan fingerprint density at radius 2 is 1.92 bits per heavy atom. The van der Waals surface area contributed by atoms with E-state index in [1.807, 2.05) is 13.8 Å². The number of rotatable bonds is 4. The molecule has 0 bridgehead atoms. The fourth-order valence-corrected chi connectivity index (χ4v) is 3.51. The Labute approximate surface area is 160 Å². The number of hydrogen-bond donors (Lipinski definition) is 0. The molecular formula is C18H15Cl3N2O2. The van der Waals surface area contributed by atoms with Crippen molar-refractivity contribution in [1.82, 2.24) is 9.55 Å². The number of benzene rings is 2. The molecule has 0 unspecified atom stereocenters. The first-order valence-electron chi connectivity index (χ1n) is 7.65. The maximum Gasteiger partial charge on any atom is 0.302 e. The highest BCUT2D eigenvalue weighted by Crippen LogP contribution is 2.37. The van der Waals surface area contributed by atoms with Crippen molar-refractivity contribution in [3.05, 3.63) is 50.5 Å². The number of Topliss-reactive ketones (excluding diaryl/α,β-unsaturated/α-hetero) is 1. The molecule has 25 heavy (non-hydrogen) atoms. The quantitative estimate of drug-likeness (QED) is 0.490. The minimum atomic E-state index is 0.0110. The van der Waals surface area contributed by atoms with E-state index in [4.69, 9.17) is 39.5 Å². The summed E-state index contributed by atoms with van der Waals surface area (Å²) in [6, 6.07) is 7.03. The molecule has 2 aromatic carbocycles. The van der Waals surface area contributed by atoms with Gasteiger partial charge in [0.1, 0.15) is 5.52 Å². The first-order chi connectivity index (χ1) is 11.8. The molecule has 0 amide bonds. The van der Waals surface area contributed by atoms with Gasteiger partial charge in [-0.15, -0.1) is 0 Å². The van der Waals surface area contributed by atoms with E-state index in [0.29, 0.717) is 49.8 Å². The summed E-state index contributed by atoms with van der Waals surface area (Å²) in [7, 11) is 1.77. The lowest BCUT2D eigenvalue weighted by Gasteiger charge is -2.11. The molecule has 3 rings (SSSR count). The van der Waals surface area contributed by atoms with Gasteiger partial charge in [-0.3, -0.25) is 9.36 Å². The fraction of sp³-hybridized carbons (Fsp3) is 0.222. The van der Waals surface area contributed by atoms with Crippen LogP contribution < -0.4 is 4.74 Å². The van der Waals surface area contributed by atoms with Crippen LogP contribution in [0.1, 0.15) is 29.3 Å². The summed E-state index contributed by atoms with van der Waals surface area (Å²) >= 11 is 18.5. The van der Waals surface area contributed by atoms with Gasteiger partial charge in [-0.05, 0) is 36.8 Å². The van der Waals surface area contributed by atoms with Crippen molar-refractivity contribution >= 4 is 51.6 Å². The van der Waals surface area contributed by atoms with Gasteiger partial charge in [-0.2, -0.15) is 4.98 Å². The van der Waals surface area contributed by atoms with E-state index in [1.54, 1.807) is 35.9 Å². The second kappa shape index (κ2) is 6.87. The van der Waals surface area contributed by atoms with Crippen LogP contribution in [-0.2, 0) is 7.05 Å². The van der Waals surface area contributed by atoms with Gasteiger partial charge >= 0.3 is 6.01 Å². The molecule has 0 N–H and O–H groups in total. The SMILES string of the molecule is CCC(=O)c1ccc(Cl)c2nc(Oc3c(C)cc(Cl)cc3Cl)n(C)c12.